The normalized spacial score (nSPS) is 10.6. The maximum Gasteiger partial charge on any atom is 0.417 e. The zero-order valence-electron chi connectivity index (χ0n) is 10.7. The number of aromatic amines is 1. The molecular formula is C16H12N2O2. The van der Waals surface area contributed by atoms with Gasteiger partial charge in [0.15, 0.2) is 5.58 Å². The van der Waals surface area contributed by atoms with E-state index in [2.05, 4.69) is 11.1 Å². The Kier molecular flexibility index (Phi) is 3.10. The van der Waals surface area contributed by atoms with Crippen molar-refractivity contribution in [2.45, 2.75) is 12.8 Å². The van der Waals surface area contributed by atoms with Gasteiger partial charge >= 0.3 is 5.76 Å². The molecule has 1 aromatic heterocycles. The lowest BCUT2D eigenvalue weighted by molar-refractivity contribution is 0.555. The lowest BCUT2D eigenvalue weighted by atomic mass is 10.0. The molecule has 0 aliphatic rings. The molecule has 0 aliphatic carbocycles. The quantitative estimate of drug-likeness (QED) is 0.789. The number of aromatic nitrogens is 1. The van der Waals surface area contributed by atoms with Gasteiger partial charge in [-0.1, -0.05) is 30.3 Å². The van der Waals surface area contributed by atoms with Crippen LogP contribution in [0.1, 0.15) is 12.0 Å². The zero-order chi connectivity index (χ0) is 13.9. The first kappa shape index (κ1) is 12.2. The van der Waals surface area contributed by atoms with Crippen LogP contribution >= 0.6 is 0 Å². The molecule has 0 unspecified atom stereocenters. The van der Waals surface area contributed by atoms with Gasteiger partial charge in [0.2, 0.25) is 0 Å². The number of nitriles is 1. The zero-order valence-corrected chi connectivity index (χ0v) is 10.7. The van der Waals surface area contributed by atoms with Gasteiger partial charge in [0, 0.05) is 6.42 Å². The molecule has 4 nitrogen and oxygen atoms in total. The molecule has 0 amide bonds. The molecule has 20 heavy (non-hydrogen) atoms. The van der Waals surface area contributed by atoms with E-state index >= 15 is 0 Å². The third-order valence-electron chi connectivity index (χ3n) is 3.23. The minimum atomic E-state index is -0.441. The van der Waals surface area contributed by atoms with Crippen molar-refractivity contribution in [3.63, 3.8) is 0 Å². The van der Waals surface area contributed by atoms with Crippen LogP contribution in [-0.4, -0.2) is 4.98 Å². The van der Waals surface area contributed by atoms with Crippen LogP contribution in [0.2, 0.25) is 0 Å². The molecule has 0 saturated heterocycles. The van der Waals surface area contributed by atoms with Crippen molar-refractivity contribution in [3.8, 4) is 17.2 Å². The van der Waals surface area contributed by atoms with Gasteiger partial charge in [-0.3, -0.25) is 4.98 Å². The molecular weight excluding hydrogens is 252 g/mol. The second-order valence-electron chi connectivity index (χ2n) is 4.58. The molecule has 3 aromatic rings. The van der Waals surface area contributed by atoms with Crippen LogP contribution in [0.5, 0.6) is 0 Å². The molecule has 0 atom stereocenters. The van der Waals surface area contributed by atoms with E-state index in [0.717, 1.165) is 23.1 Å². The standard InChI is InChI=1S/C16H12N2O2/c17-9-1-2-11-3-5-12(6-4-11)13-7-8-15-14(10-13)18-16(19)20-15/h3-8,10H,1-2H2,(H,18,19). The van der Waals surface area contributed by atoms with Crippen LogP contribution in [0.15, 0.2) is 51.7 Å². The molecule has 0 fully saturated rings. The lowest BCUT2D eigenvalue weighted by Gasteiger charge is -2.03. The van der Waals surface area contributed by atoms with Gasteiger partial charge in [0.05, 0.1) is 11.6 Å². The van der Waals surface area contributed by atoms with E-state index in [0.29, 0.717) is 17.5 Å². The van der Waals surface area contributed by atoms with Crippen molar-refractivity contribution < 1.29 is 4.42 Å². The topological polar surface area (TPSA) is 69.8 Å². The van der Waals surface area contributed by atoms with E-state index in [9.17, 15) is 4.79 Å². The highest BCUT2D eigenvalue weighted by Gasteiger charge is 2.04. The number of H-pyrrole nitrogens is 1. The maximum absolute atomic E-state index is 11.1. The number of aryl methyl sites for hydroxylation is 1. The molecule has 4 heteroatoms. The molecule has 1 N–H and O–H groups in total. The number of nitrogens with zero attached hydrogens (tertiary/aromatic N) is 1. The molecule has 0 radical (unpaired) electrons. The number of oxazole rings is 1. The van der Waals surface area contributed by atoms with Crippen molar-refractivity contribution in [3.05, 3.63) is 58.6 Å². The highest BCUT2D eigenvalue weighted by molar-refractivity contribution is 5.80. The summed E-state index contributed by atoms with van der Waals surface area (Å²) >= 11 is 0. The van der Waals surface area contributed by atoms with Crippen molar-refractivity contribution in [1.82, 2.24) is 4.98 Å². The van der Waals surface area contributed by atoms with Gasteiger partial charge in [-0.25, -0.2) is 4.79 Å². The molecule has 0 spiro atoms. The predicted molar refractivity (Wildman–Crippen MR) is 76.2 cm³/mol. The van der Waals surface area contributed by atoms with Gasteiger partial charge < -0.3 is 4.42 Å². The number of benzene rings is 2. The van der Waals surface area contributed by atoms with Gasteiger partial charge in [0.25, 0.3) is 0 Å². The van der Waals surface area contributed by atoms with E-state index in [4.69, 9.17) is 9.68 Å². The summed E-state index contributed by atoms with van der Waals surface area (Å²) in [6.07, 6.45) is 1.30. The summed E-state index contributed by atoms with van der Waals surface area (Å²) in [5.41, 5.74) is 4.48. The SMILES string of the molecule is N#CCCc1ccc(-c2ccc3oc(=O)[nH]c3c2)cc1. The second kappa shape index (κ2) is 5.06. The number of nitrogens with one attached hydrogen (secondary N) is 1. The Morgan fingerprint density at radius 2 is 1.85 bits per heavy atom. The largest absolute Gasteiger partial charge is 0.417 e. The molecule has 2 aromatic carbocycles. The van der Waals surface area contributed by atoms with Crippen LogP contribution in [-0.2, 0) is 6.42 Å². The Balaban J connectivity index is 1.94. The third kappa shape index (κ3) is 2.34. The Hall–Kier alpha value is -2.80. The Morgan fingerprint density at radius 1 is 1.10 bits per heavy atom. The van der Waals surface area contributed by atoms with Crippen LogP contribution in [0.25, 0.3) is 22.2 Å². The molecule has 98 valence electrons. The average molecular weight is 264 g/mol. The fraction of sp³-hybridized carbons (Fsp3) is 0.125. The molecule has 0 aliphatic heterocycles. The first-order valence-electron chi connectivity index (χ1n) is 6.35. The Labute approximate surface area is 115 Å². The summed E-state index contributed by atoms with van der Waals surface area (Å²) in [5, 5.41) is 8.57. The first-order valence-corrected chi connectivity index (χ1v) is 6.35. The first-order chi connectivity index (χ1) is 9.76. The monoisotopic (exact) mass is 264 g/mol. The van der Waals surface area contributed by atoms with Crippen molar-refractivity contribution in [2.75, 3.05) is 0 Å². The van der Waals surface area contributed by atoms with Crippen LogP contribution < -0.4 is 5.76 Å². The van der Waals surface area contributed by atoms with Gasteiger partial charge in [-0.05, 0) is 35.2 Å². The van der Waals surface area contributed by atoms with Crippen LogP contribution in [0.4, 0.5) is 0 Å². The lowest BCUT2D eigenvalue weighted by Crippen LogP contribution is -1.92. The van der Waals surface area contributed by atoms with E-state index in [1.54, 1.807) is 6.07 Å². The summed E-state index contributed by atoms with van der Waals surface area (Å²) in [7, 11) is 0. The number of hydrogen-bond acceptors (Lipinski definition) is 3. The van der Waals surface area contributed by atoms with E-state index in [1.165, 1.54) is 0 Å². The summed E-state index contributed by atoms with van der Waals surface area (Å²) < 4.78 is 4.98. The number of fused-ring (bicyclic) bond motifs is 1. The van der Waals surface area contributed by atoms with Crippen molar-refractivity contribution in [1.29, 1.82) is 5.26 Å². The average Bonchev–Trinajstić information content (AvgIpc) is 2.84. The van der Waals surface area contributed by atoms with Gasteiger partial charge in [-0.15, -0.1) is 0 Å². The van der Waals surface area contributed by atoms with E-state index in [-0.39, 0.29) is 0 Å². The highest BCUT2D eigenvalue weighted by Crippen LogP contribution is 2.23. The summed E-state index contributed by atoms with van der Waals surface area (Å²) in [6, 6.07) is 15.8. The van der Waals surface area contributed by atoms with Crippen molar-refractivity contribution >= 4 is 11.1 Å². The van der Waals surface area contributed by atoms with Crippen molar-refractivity contribution in [2.24, 2.45) is 0 Å². The highest BCUT2D eigenvalue weighted by atomic mass is 16.4. The molecule has 0 saturated carbocycles. The van der Waals surface area contributed by atoms with Gasteiger partial charge in [0.1, 0.15) is 0 Å². The molecule has 0 bridgehead atoms. The fourth-order valence-corrected chi connectivity index (χ4v) is 2.20. The summed E-state index contributed by atoms with van der Waals surface area (Å²) in [4.78, 5) is 13.8. The Morgan fingerprint density at radius 3 is 2.60 bits per heavy atom. The smallest absolute Gasteiger partial charge is 0.408 e. The predicted octanol–water partition coefficient (Wildman–Crippen LogP) is 3.24. The van der Waals surface area contributed by atoms with Crippen LogP contribution in [0, 0.1) is 11.3 Å². The van der Waals surface area contributed by atoms with E-state index in [1.807, 2.05) is 36.4 Å². The van der Waals surface area contributed by atoms with Crippen LogP contribution in [0.3, 0.4) is 0 Å². The summed E-state index contributed by atoms with van der Waals surface area (Å²) in [5.74, 6) is -0.441. The number of hydrogen-bond donors (Lipinski definition) is 1. The fourth-order valence-electron chi connectivity index (χ4n) is 2.20. The minimum absolute atomic E-state index is 0.441. The Bertz CT molecular complexity index is 835. The second-order valence-corrected chi connectivity index (χ2v) is 4.58. The molecule has 1 heterocycles. The molecule has 3 rings (SSSR count). The van der Waals surface area contributed by atoms with Gasteiger partial charge in [-0.2, -0.15) is 5.26 Å². The number of rotatable bonds is 3. The summed E-state index contributed by atoms with van der Waals surface area (Å²) in [6.45, 7) is 0. The maximum atomic E-state index is 11.1. The third-order valence-corrected chi connectivity index (χ3v) is 3.23. The minimum Gasteiger partial charge on any atom is -0.408 e. The van der Waals surface area contributed by atoms with E-state index < -0.39 is 5.76 Å².